The van der Waals surface area contributed by atoms with Crippen molar-refractivity contribution < 1.29 is 4.79 Å². The molecule has 2 aliphatic heterocycles. The summed E-state index contributed by atoms with van der Waals surface area (Å²) in [7, 11) is 0. The number of rotatable bonds is 2. The number of hydrogen-bond acceptors (Lipinski definition) is 2. The molecule has 76 valence electrons. The van der Waals surface area contributed by atoms with Crippen LogP contribution in [-0.4, -0.2) is 18.0 Å². The van der Waals surface area contributed by atoms with Crippen molar-refractivity contribution in [2.75, 3.05) is 0 Å². The van der Waals surface area contributed by atoms with Crippen LogP contribution in [0, 0.1) is 5.92 Å². The van der Waals surface area contributed by atoms with Crippen molar-refractivity contribution in [3.8, 4) is 0 Å². The average molecular weight is 205 g/mol. The monoisotopic (exact) mass is 204 g/mol. The molecule has 1 amide bonds. The minimum absolute atomic E-state index is 0. The van der Waals surface area contributed by atoms with Crippen LogP contribution in [0.5, 0.6) is 0 Å². The fraction of sp³-hybridized carbons (Fsp3) is 0.889. The molecule has 1 unspecified atom stereocenters. The summed E-state index contributed by atoms with van der Waals surface area (Å²) < 4.78 is 0. The zero-order chi connectivity index (χ0) is 8.55. The third kappa shape index (κ3) is 2.58. The van der Waals surface area contributed by atoms with Gasteiger partial charge in [0.05, 0.1) is 0 Å². The average Bonchev–Trinajstić information content (AvgIpc) is 2.29. The number of halogens is 1. The van der Waals surface area contributed by atoms with Gasteiger partial charge in [-0.2, -0.15) is 0 Å². The van der Waals surface area contributed by atoms with E-state index < -0.39 is 0 Å². The van der Waals surface area contributed by atoms with E-state index in [0.717, 1.165) is 12.8 Å². The zero-order valence-corrected chi connectivity index (χ0v) is 8.48. The van der Waals surface area contributed by atoms with E-state index in [-0.39, 0.29) is 18.3 Å². The van der Waals surface area contributed by atoms with Gasteiger partial charge in [0.2, 0.25) is 5.91 Å². The molecule has 0 aromatic heterocycles. The van der Waals surface area contributed by atoms with Crippen molar-refractivity contribution in [3.05, 3.63) is 0 Å². The highest BCUT2D eigenvalue weighted by Crippen LogP contribution is 2.32. The summed E-state index contributed by atoms with van der Waals surface area (Å²) in [6, 6.07) is 1.35. The van der Waals surface area contributed by atoms with Gasteiger partial charge in [-0.1, -0.05) is 0 Å². The second-order valence-electron chi connectivity index (χ2n) is 4.15. The van der Waals surface area contributed by atoms with Crippen LogP contribution >= 0.6 is 12.4 Å². The van der Waals surface area contributed by atoms with Crippen LogP contribution in [0.2, 0.25) is 0 Å². The normalized spacial score (nSPS) is 36.8. The van der Waals surface area contributed by atoms with Crippen molar-refractivity contribution in [3.63, 3.8) is 0 Å². The lowest BCUT2D eigenvalue weighted by molar-refractivity contribution is -0.119. The number of primary amides is 1. The predicted octanol–water partition coefficient (Wildman–Crippen LogP) is 0.814. The number of amides is 1. The highest BCUT2D eigenvalue weighted by Gasteiger charge is 2.33. The van der Waals surface area contributed by atoms with E-state index >= 15 is 0 Å². The number of fused-ring (bicyclic) bond motifs is 2. The largest absolute Gasteiger partial charge is 0.370 e. The number of carbonyl (C=O) groups is 1. The molecule has 13 heavy (non-hydrogen) atoms. The van der Waals surface area contributed by atoms with E-state index in [4.69, 9.17) is 5.73 Å². The first-order valence-corrected chi connectivity index (χ1v) is 4.78. The van der Waals surface area contributed by atoms with Crippen molar-refractivity contribution in [2.45, 2.75) is 44.2 Å². The highest BCUT2D eigenvalue weighted by atomic mass is 35.5. The number of piperidine rings is 1. The minimum atomic E-state index is -0.138. The highest BCUT2D eigenvalue weighted by molar-refractivity contribution is 5.85. The summed E-state index contributed by atoms with van der Waals surface area (Å²) in [5.74, 6) is 0.419. The van der Waals surface area contributed by atoms with Crippen LogP contribution in [0.25, 0.3) is 0 Å². The standard InChI is InChI=1S/C9H16N2O.ClH/c10-9(12)5-6-3-7-1-2-8(4-6)11-7;/h6-8,11H,1-5H2,(H2,10,12);1H/t6?,7-,8+;. The molecule has 2 fully saturated rings. The molecule has 3 atom stereocenters. The van der Waals surface area contributed by atoms with Gasteiger partial charge in [0, 0.05) is 18.5 Å². The molecular weight excluding hydrogens is 188 g/mol. The van der Waals surface area contributed by atoms with Crippen molar-refractivity contribution >= 4 is 18.3 Å². The zero-order valence-electron chi connectivity index (χ0n) is 7.66. The van der Waals surface area contributed by atoms with E-state index in [1.807, 2.05) is 0 Å². The quantitative estimate of drug-likeness (QED) is 0.700. The third-order valence-electron chi connectivity index (χ3n) is 3.06. The van der Waals surface area contributed by atoms with Crippen molar-refractivity contribution in [1.82, 2.24) is 5.32 Å². The van der Waals surface area contributed by atoms with Gasteiger partial charge < -0.3 is 11.1 Å². The van der Waals surface area contributed by atoms with E-state index in [1.165, 1.54) is 12.8 Å². The van der Waals surface area contributed by atoms with Crippen LogP contribution in [0.1, 0.15) is 32.1 Å². The second-order valence-corrected chi connectivity index (χ2v) is 4.15. The predicted molar refractivity (Wildman–Crippen MR) is 53.7 cm³/mol. The van der Waals surface area contributed by atoms with Crippen LogP contribution in [0.4, 0.5) is 0 Å². The molecule has 2 aliphatic rings. The number of nitrogens with one attached hydrogen (secondary N) is 1. The summed E-state index contributed by atoms with van der Waals surface area (Å²) in [5.41, 5.74) is 5.18. The Morgan fingerprint density at radius 2 is 1.85 bits per heavy atom. The van der Waals surface area contributed by atoms with Crippen LogP contribution < -0.4 is 11.1 Å². The van der Waals surface area contributed by atoms with Crippen molar-refractivity contribution in [1.29, 1.82) is 0 Å². The molecule has 2 rings (SSSR count). The van der Waals surface area contributed by atoms with Gasteiger partial charge in [0.25, 0.3) is 0 Å². The molecular formula is C9H17ClN2O. The maximum Gasteiger partial charge on any atom is 0.217 e. The topological polar surface area (TPSA) is 55.1 Å². The SMILES string of the molecule is Cl.NC(=O)CC1C[C@H]2CC[C@@H](C1)N2. The summed E-state index contributed by atoms with van der Waals surface area (Å²) in [5, 5.41) is 3.54. The lowest BCUT2D eigenvalue weighted by atomic mass is 9.89. The fourth-order valence-corrected chi connectivity index (χ4v) is 2.63. The molecule has 0 saturated carbocycles. The van der Waals surface area contributed by atoms with E-state index in [9.17, 15) is 4.79 Å². The Morgan fingerprint density at radius 1 is 1.31 bits per heavy atom. The number of carbonyl (C=O) groups excluding carboxylic acids is 1. The van der Waals surface area contributed by atoms with Gasteiger partial charge in [-0.25, -0.2) is 0 Å². The van der Waals surface area contributed by atoms with Crippen molar-refractivity contribution in [2.24, 2.45) is 11.7 Å². The lowest BCUT2D eigenvalue weighted by Crippen LogP contribution is -2.39. The number of hydrogen-bond donors (Lipinski definition) is 2. The fourth-order valence-electron chi connectivity index (χ4n) is 2.63. The van der Waals surface area contributed by atoms with Crippen LogP contribution in [0.15, 0.2) is 0 Å². The summed E-state index contributed by atoms with van der Waals surface area (Å²) in [6.07, 6.45) is 5.48. The summed E-state index contributed by atoms with van der Waals surface area (Å²) in [4.78, 5) is 10.7. The molecule has 2 saturated heterocycles. The van der Waals surface area contributed by atoms with Crippen LogP contribution in [0.3, 0.4) is 0 Å². The maximum atomic E-state index is 10.7. The second kappa shape index (κ2) is 4.29. The van der Waals surface area contributed by atoms with Gasteiger partial charge >= 0.3 is 0 Å². The molecule has 0 spiro atoms. The molecule has 2 bridgehead atoms. The Morgan fingerprint density at radius 3 is 2.31 bits per heavy atom. The molecule has 4 heteroatoms. The Bertz CT molecular complexity index is 186. The third-order valence-corrected chi connectivity index (χ3v) is 3.06. The van der Waals surface area contributed by atoms with E-state index in [0.29, 0.717) is 24.4 Å². The van der Waals surface area contributed by atoms with E-state index in [1.54, 1.807) is 0 Å². The van der Waals surface area contributed by atoms with E-state index in [2.05, 4.69) is 5.32 Å². The summed E-state index contributed by atoms with van der Waals surface area (Å²) >= 11 is 0. The molecule has 0 aliphatic carbocycles. The summed E-state index contributed by atoms with van der Waals surface area (Å²) in [6.45, 7) is 0. The van der Waals surface area contributed by atoms with Crippen LogP contribution in [-0.2, 0) is 4.79 Å². The lowest BCUT2D eigenvalue weighted by Gasteiger charge is -2.28. The smallest absolute Gasteiger partial charge is 0.217 e. The first kappa shape index (κ1) is 10.8. The molecule has 3 nitrogen and oxygen atoms in total. The molecule has 0 aromatic carbocycles. The Hall–Kier alpha value is -0.280. The first-order valence-electron chi connectivity index (χ1n) is 4.78. The molecule has 0 aromatic rings. The van der Waals surface area contributed by atoms with Gasteiger partial charge in [-0.3, -0.25) is 4.79 Å². The Kier molecular flexibility index (Phi) is 3.56. The Labute approximate surface area is 84.9 Å². The van der Waals surface area contributed by atoms with Gasteiger partial charge in [0.1, 0.15) is 0 Å². The molecule has 0 radical (unpaired) electrons. The molecule has 3 N–H and O–H groups in total. The minimum Gasteiger partial charge on any atom is -0.370 e. The number of nitrogens with two attached hydrogens (primary N) is 1. The van der Waals surface area contributed by atoms with Gasteiger partial charge in [-0.05, 0) is 31.6 Å². The van der Waals surface area contributed by atoms with Gasteiger partial charge in [0.15, 0.2) is 0 Å². The first-order chi connectivity index (χ1) is 5.74. The Balaban J connectivity index is 0.000000845. The maximum absolute atomic E-state index is 10.7. The van der Waals surface area contributed by atoms with Gasteiger partial charge in [-0.15, -0.1) is 12.4 Å². The molecule has 2 heterocycles.